The number of anilines is 3. The number of carbonyl (C=O) groups is 2. The normalized spacial score (nSPS) is 10.5. The molecular weight excluding hydrogens is 570 g/mol. The van der Waals surface area contributed by atoms with E-state index < -0.39 is 17.5 Å². The summed E-state index contributed by atoms with van der Waals surface area (Å²) in [5.74, 6) is -1.94. The summed E-state index contributed by atoms with van der Waals surface area (Å²) in [7, 11) is 0. The molecule has 0 fully saturated rings. The summed E-state index contributed by atoms with van der Waals surface area (Å²) in [6.45, 7) is 0.795. The van der Waals surface area contributed by atoms with Gasteiger partial charge in [0.2, 0.25) is 5.95 Å². The summed E-state index contributed by atoms with van der Waals surface area (Å²) in [6.07, 6.45) is 6.18. The third-order valence-corrected chi connectivity index (χ3v) is 5.97. The fourth-order valence-electron chi connectivity index (χ4n) is 3.80. The molecule has 0 saturated heterocycles. The van der Waals surface area contributed by atoms with E-state index in [1.165, 1.54) is 24.7 Å². The van der Waals surface area contributed by atoms with Crippen molar-refractivity contribution in [3.05, 3.63) is 106 Å². The van der Waals surface area contributed by atoms with Crippen LogP contribution in [-0.2, 0) is 13.1 Å². The molecule has 0 spiro atoms. The van der Waals surface area contributed by atoms with E-state index >= 15 is 0 Å². The van der Waals surface area contributed by atoms with Crippen LogP contribution >= 0.6 is 0 Å². The molecule has 0 aliphatic rings. The third kappa shape index (κ3) is 7.19. The van der Waals surface area contributed by atoms with Crippen LogP contribution in [0.5, 0.6) is 0 Å². The molecule has 220 valence electrons. The van der Waals surface area contributed by atoms with Gasteiger partial charge in [0.15, 0.2) is 16.8 Å². The van der Waals surface area contributed by atoms with Crippen LogP contribution in [0.15, 0.2) is 78.2 Å². The van der Waals surface area contributed by atoms with Crippen molar-refractivity contribution in [1.82, 2.24) is 39.9 Å². The Balaban J connectivity index is 0.000000175. The highest BCUT2D eigenvalue weighted by Crippen LogP contribution is 2.13. The number of nitrogens with two attached hydrogens (primary N) is 1. The molecule has 0 atom stereocenters. The molecule has 4 heterocycles. The molecule has 0 amide bonds. The largest absolute Gasteiger partial charge is 0.478 e. The zero-order valence-corrected chi connectivity index (χ0v) is 22.7. The number of nitrogen functional groups attached to an aromatic ring is 1. The smallest absolute Gasteiger partial charge is 0.335 e. The number of hydrogen-bond donors (Lipinski definition) is 6. The zero-order valence-electron chi connectivity index (χ0n) is 22.7. The molecule has 0 aliphatic carbocycles. The minimum absolute atomic E-state index is 0.0128. The fourth-order valence-corrected chi connectivity index (χ4v) is 3.80. The summed E-state index contributed by atoms with van der Waals surface area (Å²) < 4.78 is 0. The van der Waals surface area contributed by atoms with Crippen molar-refractivity contribution >= 4 is 51.6 Å². The van der Waals surface area contributed by atoms with Crippen LogP contribution in [0.1, 0.15) is 32.1 Å². The summed E-state index contributed by atoms with van der Waals surface area (Å²) in [4.78, 5) is 64.3. The quantitative estimate of drug-likeness (QED) is 0.148. The van der Waals surface area contributed by atoms with E-state index in [1.54, 1.807) is 48.8 Å². The van der Waals surface area contributed by atoms with Gasteiger partial charge in [-0.15, -0.1) is 0 Å². The minimum Gasteiger partial charge on any atom is -0.478 e. The number of fused-ring (bicyclic) bond motifs is 2. The second-order valence-corrected chi connectivity index (χ2v) is 9.05. The Labute approximate surface area is 247 Å². The van der Waals surface area contributed by atoms with Crippen molar-refractivity contribution in [3.8, 4) is 0 Å². The van der Waals surface area contributed by atoms with Crippen molar-refractivity contribution in [2.45, 2.75) is 13.1 Å². The van der Waals surface area contributed by atoms with E-state index in [0.29, 0.717) is 29.9 Å². The van der Waals surface area contributed by atoms with Gasteiger partial charge >= 0.3 is 11.9 Å². The van der Waals surface area contributed by atoms with Crippen LogP contribution in [-0.4, -0.2) is 62.0 Å². The number of nitrogens with one attached hydrogen (secondary N) is 3. The molecule has 0 radical (unpaired) electrons. The predicted octanol–water partition coefficient (Wildman–Crippen LogP) is 2.34. The summed E-state index contributed by atoms with van der Waals surface area (Å²) >= 11 is 0. The van der Waals surface area contributed by atoms with E-state index in [1.807, 2.05) is 0 Å². The highest BCUT2D eigenvalue weighted by molar-refractivity contribution is 5.88. The van der Waals surface area contributed by atoms with E-state index in [0.717, 1.165) is 17.1 Å². The average molecular weight is 594 g/mol. The Hall–Kier alpha value is -6.58. The Bertz CT molecular complexity index is 2020. The monoisotopic (exact) mass is 593 g/mol. The topological polar surface area (TPSA) is 248 Å². The minimum atomic E-state index is -0.983. The number of carboxylic acids is 2. The highest BCUT2D eigenvalue weighted by atomic mass is 16.4. The van der Waals surface area contributed by atoms with Crippen molar-refractivity contribution < 1.29 is 19.8 Å². The first-order valence-corrected chi connectivity index (χ1v) is 12.8. The van der Waals surface area contributed by atoms with Gasteiger partial charge in [-0.1, -0.05) is 0 Å². The second kappa shape index (κ2) is 12.9. The molecule has 7 N–H and O–H groups in total. The lowest BCUT2D eigenvalue weighted by Gasteiger charge is -2.06. The van der Waals surface area contributed by atoms with Gasteiger partial charge < -0.3 is 26.6 Å². The van der Waals surface area contributed by atoms with Gasteiger partial charge in [-0.05, 0) is 48.5 Å². The van der Waals surface area contributed by atoms with Gasteiger partial charge in [-0.25, -0.2) is 39.5 Å². The highest BCUT2D eigenvalue weighted by Gasteiger charge is 2.08. The van der Waals surface area contributed by atoms with Gasteiger partial charge in [-0.3, -0.25) is 9.78 Å². The van der Waals surface area contributed by atoms with E-state index in [9.17, 15) is 14.4 Å². The summed E-state index contributed by atoms with van der Waals surface area (Å²) in [6, 6.07) is 12.8. The number of nitrogens with zero attached hydrogens (tertiary/aromatic N) is 7. The van der Waals surface area contributed by atoms with Crippen molar-refractivity contribution in [2.75, 3.05) is 16.4 Å². The molecule has 0 aliphatic heterocycles. The van der Waals surface area contributed by atoms with Crippen LogP contribution in [0.3, 0.4) is 0 Å². The molecule has 4 aromatic heterocycles. The Kier molecular flexibility index (Phi) is 8.51. The number of H-pyrrole nitrogens is 1. The number of benzene rings is 2. The predicted molar refractivity (Wildman–Crippen MR) is 159 cm³/mol. The van der Waals surface area contributed by atoms with Gasteiger partial charge in [0.25, 0.3) is 5.56 Å². The third-order valence-electron chi connectivity index (χ3n) is 5.97. The zero-order chi connectivity index (χ0) is 31.1. The number of hydrogen-bond acceptors (Lipinski definition) is 13. The summed E-state index contributed by atoms with van der Waals surface area (Å²) in [5.41, 5.74) is 9.76. The molecule has 0 unspecified atom stereocenters. The van der Waals surface area contributed by atoms with Gasteiger partial charge in [0.05, 0.1) is 54.2 Å². The van der Waals surface area contributed by atoms with Gasteiger partial charge in [0.1, 0.15) is 11.8 Å². The van der Waals surface area contributed by atoms with Crippen LogP contribution < -0.4 is 21.9 Å². The van der Waals surface area contributed by atoms with Crippen LogP contribution in [0.4, 0.5) is 17.3 Å². The van der Waals surface area contributed by atoms with Crippen molar-refractivity contribution in [3.63, 3.8) is 0 Å². The average Bonchev–Trinajstić information content (AvgIpc) is 3.03. The van der Waals surface area contributed by atoms with E-state index in [2.05, 4.69) is 50.5 Å². The lowest BCUT2D eigenvalue weighted by atomic mass is 10.2. The van der Waals surface area contributed by atoms with E-state index in [4.69, 9.17) is 15.9 Å². The van der Waals surface area contributed by atoms with Crippen molar-refractivity contribution in [1.29, 1.82) is 0 Å². The van der Waals surface area contributed by atoms with Crippen LogP contribution in [0.25, 0.3) is 22.3 Å². The number of aromatic nitrogens is 8. The molecule has 16 nitrogen and oxygen atoms in total. The van der Waals surface area contributed by atoms with Crippen LogP contribution in [0, 0.1) is 0 Å². The summed E-state index contributed by atoms with van der Waals surface area (Å²) in [5, 5.41) is 23.9. The number of rotatable bonds is 8. The maximum atomic E-state index is 11.8. The van der Waals surface area contributed by atoms with Gasteiger partial charge in [-0.2, -0.15) is 4.98 Å². The maximum Gasteiger partial charge on any atom is 0.335 e. The number of carboxylic acid groups (broad SMARTS) is 2. The molecule has 2 aromatic carbocycles. The maximum absolute atomic E-state index is 11.8. The number of aromatic amines is 1. The second-order valence-electron chi connectivity index (χ2n) is 9.05. The molecule has 44 heavy (non-hydrogen) atoms. The molecule has 0 saturated carbocycles. The molecule has 6 aromatic rings. The van der Waals surface area contributed by atoms with Crippen LogP contribution in [0.2, 0.25) is 0 Å². The van der Waals surface area contributed by atoms with Gasteiger partial charge in [0, 0.05) is 11.4 Å². The lowest BCUT2D eigenvalue weighted by Crippen LogP contribution is -2.15. The standard InChI is InChI=1S/C14H12N6O3.C14H11N5O2/c15-14-19-11-10(12(21)20-14)18-9(6-17-11)5-16-8-3-1-7(2-4-8)13(22)23;20-14(21)9-1-3-10(4-2-9)16-5-11-6-17-13-12(19-11)7-15-8-18-13/h1-4,6,16H,5H2,(H,22,23)(H3,15,17,19,20,21);1-4,6-8,16H,5H2,(H,20,21). The Morgan fingerprint density at radius 2 is 1.27 bits per heavy atom. The van der Waals surface area contributed by atoms with Crippen molar-refractivity contribution in [2.24, 2.45) is 0 Å². The first-order chi connectivity index (χ1) is 21.2. The first-order valence-electron chi connectivity index (χ1n) is 12.8. The molecule has 0 bridgehead atoms. The Morgan fingerprint density at radius 3 is 1.84 bits per heavy atom. The molecule has 6 rings (SSSR count). The molecular formula is C28H23N11O5. The first kappa shape index (κ1) is 28.9. The fraction of sp³-hybridized carbons (Fsp3) is 0.0714. The number of aromatic carboxylic acids is 2. The Morgan fingerprint density at radius 1 is 0.727 bits per heavy atom. The lowest BCUT2D eigenvalue weighted by molar-refractivity contribution is 0.0686. The SMILES string of the molecule is Nc1nc2ncc(CNc3ccc(C(=O)O)cc3)nc2c(=O)[nH]1.O=C(O)c1ccc(NCc2cnc3ncncc3n2)cc1. The van der Waals surface area contributed by atoms with E-state index in [-0.39, 0.29) is 28.2 Å². The molecule has 16 heteroatoms.